The van der Waals surface area contributed by atoms with Gasteiger partial charge in [0.1, 0.15) is 0 Å². The number of nitrogens with zero attached hydrogens (tertiary/aromatic N) is 1. The molecular formula is C10H14F3N. The Labute approximate surface area is 81.5 Å². The van der Waals surface area contributed by atoms with Gasteiger partial charge < -0.3 is 4.57 Å². The van der Waals surface area contributed by atoms with E-state index < -0.39 is 12.6 Å². The van der Waals surface area contributed by atoms with Crippen LogP contribution in [0.4, 0.5) is 13.2 Å². The van der Waals surface area contributed by atoms with E-state index in [0.29, 0.717) is 5.92 Å². The standard InChI is InChI=1S/C10H14F3N/c1-8(2)9-3-5-14(7-9)6-4-10(11,12)13/h3,5,7-8H,4,6H2,1-2H3. The molecule has 1 rings (SSSR count). The number of hydrogen-bond acceptors (Lipinski definition) is 0. The minimum absolute atomic E-state index is 0.0101. The highest BCUT2D eigenvalue weighted by Crippen LogP contribution is 2.21. The summed E-state index contributed by atoms with van der Waals surface area (Å²) in [5.74, 6) is 0.363. The predicted molar refractivity (Wildman–Crippen MR) is 49.2 cm³/mol. The Morgan fingerprint density at radius 1 is 1.36 bits per heavy atom. The maximum atomic E-state index is 11.9. The van der Waals surface area contributed by atoms with Crippen LogP contribution in [-0.4, -0.2) is 10.7 Å². The smallest absolute Gasteiger partial charge is 0.354 e. The van der Waals surface area contributed by atoms with E-state index in [0.717, 1.165) is 5.56 Å². The number of rotatable bonds is 3. The van der Waals surface area contributed by atoms with Crippen molar-refractivity contribution >= 4 is 0 Å². The second-order valence-electron chi connectivity index (χ2n) is 3.70. The normalized spacial score (nSPS) is 12.4. The van der Waals surface area contributed by atoms with E-state index in [2.05, 4.69) is 0 Å². The molecule has 0 N–H and O–H groups in total. The number of aryl methyl sites for hydroxylation is 1. The Balaban J connectivity index is 2.52. The van der Waals surface area contributed by atoms with Crippen molar-refractivity contribution in [3.63, 3.8) is 0 Å². The molecule has 0 fully saturated rings. The lowest BCUT2D eigenvalue weighted by atomic mass is 10.1. The molecule has 0 aromatic carbocycles. The molecule has 0 aliphatic rings. The Morgan fingerprint density at radius 2 is 2.00 bits per heavy atom. The summed E-state index contributed by atoms with van der Waals surface area (Å²) in [7, 11) is 0. The monoisotopic (exact) mass is 205 g/mol. The predicted octanol–water partition coefficient (Wildman–Crippen LogP) is 3.56. The van der Waals surface area contributed by atoms with Gasteiger partial charge in [-0.15, -0.1) is 0 Å². The van der Waals surface area contributed by atoms with Crippen LogP contribution in [0.5, 0.6) is 0 Å². The molecule has 0 unspecified atom stereocenters. The average molecular weight is 205 g/mol. The van der Waals surface area contributed by atoms with Gasteiger partial charge in [0.05, 0.1) is 6.42 Å². The van der Waals surface area contributed by atoms with Crippen molar-refractivity contribution in [2.75, 3.05) is 0 Å². The van der Waals surface area contributed by atoms with Crippen molar-refractivity contribution in [3.05, 3.63) is 24.0 Å². The molecule has 1 aromatic rings. The average Bonchev–Trinajstić information content (AvgIpc) is 2.47. The first kappa shape index (κ1) is 11.1. The second kappa shape index (κ2) is 4.07. The maximum absolute atomic E-state index is 11.9. The lowest BCUT2D eigenvalue weighted by Crippen LogP contribution is -2.11. The number of alkyl halides is 3. The van der Waals surface area contributed by atoms with Crippen LogP contribution in [-0.2, 0) is 6.54 Å². The van der Waals surface area contributed by atoms with Crippen molar-refractivity contribution in [2.24, 2.45) is 0 Å². The van der Waals surface area contributed by atoms with Crippen LogP contribution in [0.1, 0.15) is 31.7 Å². The lowest BCUT2D eigenvalue weighted by molar-refractivity contribution is -0.136. The fraction of sp³-hybridized carbons (Fsp3) is 0.600. The third-order valence-corrected chi connectivity index (χ3v) is 2.09. The van der Waals surface area contributed by atoms with Gasteiger partial charge in [0, 0.05) is 18.9 Å². The van der Waals surface area contributed by atoms with E-state index in [-0.39, 0.29) is 6.54 Å². The largest absolute Gasteiger partial charge is 0.390 e. The van der Waals surface area contributed by atoms with E-state index in [1.54, 1.807) is 17.0 Å². The first-order valence-corrected chi connectivity index (χ1v) is 4.61. The molecule has 0 aliphatic carbocycles. The highest BCUT2D eigenvalue weighted by Gasteiger charge is 2.26. The van der Waals surface area contributed by atoms with Crippen LogP contribution in [0.3, 0.4) is 0 Å². The van der Waals surface area contributed by atoms with E-state index in [9.17, 15) is 13.2 Å². The molecular weight excluding hydrogens is 191 g/mol. The zero-order valence-electron chi connectivity index (χ0n) is 8.30. The van der Waals surface area contributed by atoms with Crippen LogP contribution >= 0.6 is 0 Å². The van der Waals surface area contributed by atoms with Gasteiger partial charge in [0.2, 0.25) is 0 Å². The van der Waals surface area contributed by atoms with E-state index in [1.165, 1.54) is 0 Å². The molecule has 1 aromatic heterocycles. The summed E-state index contributed by atoms with van der Waals surface area (Å²) >= 11 is 0. The molecule has 80 valence electrons. The van der Waals surface area contributed by atoms with E-state index >= 15 is 0 Å². The Bertz CT molecular complexity index is 286. The third kappa shape index (κ3) is 3.44. The van der Waals surface area contributed by atoms with Gasteiger partial charge in [0.15, 0.2) is 0 Å². The van der Waals surface area contributed by atoms with Crippen molar-refractivity contribution in [3.8, 4) is 0 Å². The summed E-state index contributed by atoms with van der Waals surface area (Å²) in [6.45, 7) is 4.04. The minimum atomic E-state index is -4.07. The minimum Gasteiger partial charge on any atom is -0.354 e. The number of hydrogen-bond donors (Lipinski definition) is 0. The van der Waals surface area contributed by atoms with Crippen LogP contribution in [0.15, 0.2) is 18.5 Å². The summed E-state index contributed by atoms with van der Waals surface area (Å²) in [5, 5.41) is 0. The molecule has 1 nitrogen and oxygen atoms in total. The van der Waals surface area contributed by atoms with Crippen molar-refractivity contribution in [1.82, 2.24) is 4.57 Å². The molecule has 0 bridgehead atoms. The van der Waals surface area contributed by atoms with Crippen molar-refractivity contribution < 1.29 is 13.2 Å². The molecule has 0 atom stereocenters. The Morgan fingerprint density at radius 3 is 2.43 bits per heavy atom. The maximum Gasteiger partial charge on any atom is 0.390 e. The van der Waals surface area contributed by atoms with Gasteiger partial charge in [0.25, 0.3) is 0 Å². The molecule has 0 aliphatic heterocycles. The number of halogens is 3. The first-order chi connectivity index (χ1) is 6.38. The van der Waals surface area contributed by atoms with Crippen LogP contribution in [0.25, 0.3) is 0 Å². The molecule has 0 radical (unpaired) electrons. The van der Waals surface area contributed by atoms with E-state index in [4.69, 9.17) is 0 Å². The van der Waals surface area contributed by atoms with E-state index in [1.807, 2.05) is 19.9 Å². The Kier molecular flexibility index (Phi) is 3.24. The molecule has 14 heavy (non-hydrogen) atoms. The molecule has 1 heterocycles. The summed E-state index contributed by atoms with van der Waals surface area (Å²) in [6, 6.07) is 1.86. The fourth-order valence-corrected chi connectivity index (χ4v) is 1.20. The van der Waals surface area contributed by atoms with Gasteiger partial charge in [-0.1, -0.05) is 13.8 Å². The van der Waals surface area contributed by atoms with Crippen molar-refractivity contribution in [1.29, 1.82) is 0 Å². The van der Waals surface area contributed by atoms with Crippen LogP contribution in [0, 0.1) is 0 Å². The Hall–Kier alpha value is -0.930. The SMILES string of the molecule is CC(C)c1ccn(CCC(F)(F)F)c1. The van der Waals surface area contributed by atoms with Crippen molar-refractivity contribution in [2.45, 2.75) is 38.9 Å². The highest BCUT2D eigenvalue weighted by atomic mass is 19.4. The van der Waals surface area contributed by atoms with Gasteiger partial charge in [-0.25, -0.2) is 0 Å². The van der Waals surface area contributed by atoms with Crippen LogP contribution < -0.4 is 0 Å². The van der Waals surface area contributed by atoms with Gasteiger partial charge >= 0.3 is 6.18 Å². The van der Waals surface area contributed by atoms with Gasteiger partial charge in [-0.05, 0) is 17.5 Å². The fourth-order valence-electron chi connectivity index (χ4n) is 1.20. The summed E-state index contributed by atoms with van der Waals surface area (Å²) in [6.07, 6.45) is -1.36. The summed E-state index contributed by atoms with van der Waals surface area (Å²) < 4.78 is 37.3. The highest BCUT2D eigenvalue weighted by molar-refractivity contribution is 5.14. The first-order valence-electron chi connectivity index (χ1n) is 4.61. The quantitative estimate of drug-likeness (QED) is 0.711. The number of aromatic nitrogens is 1. The topological polar surface area (TPSA) is 4.93 Å². The van der Waals surface area contributed by atoms with Gasteiger partial charge in [-0.2, -0.15) is 13.2 Å². The molecule has 4 heteroatoms. The summed E-state index contributed by atoms with van der Waals surface area (Å²) in [5.41, 5.74) is 1.08. The molecule has 0 spiro atoms. The van der Waals surface area contributed by atoms with Gasteiger partial charge in [-0.3, -0.25) is 0 Å². The second-order valence-corrected chi connectivity index (χ2v) is 3.70. The third-order valence-electron chi connectivity index (χ3n) is 2.09. The summed E-state index contributed by atoms with van der Waals surface area (Å²) in [4.78, 5) is 0. The zero-order chi connectivity index (χ0) is 10.8. The zero-order valence-corrected chi connectivity index (χ0v) is 8.30. The molecule has 0 saturated heterocycles. The van der Waals surface area contributed by atoms with Crippen LogP contribution in [0.2, 0.25) is 0 Å². The molecule has 0 amide bonds. The molecule has 0 saturated carbocycles. The lowest BCUT2D eigenvalue weighted by Gasteiger charge is -2.06.